The van der Waals surface area contributed by atoms with E-state index in [2.05, 4.69) is 0 Å². The molecule has 2 saturated carbocycles. The number of hydrogen-bond acceptors (Lipinski definition) is 45. The third kappa shape index (κ3) is 22.4. The Morgan fingerprint density at radius 1 is 0.308 bits per heavy atom. The first-order valence-corrected chi connectivity index (χ1v) is 50.4. The Morgan fingerprint density at radius 2 is 0.573 bits per heavy atom. The second-order valence-corrected chi connectivity index (χ2v) is 44.4. The van der Waals surface area contributed by atoms with Crippen molar-refractivity contribution in [2.45, 2.75) is 487 Å². The van der Waals surface area contributed by atoms with E-state index < -0.39 is 317 Å². The Hall–Kier alpha value is -7.20. The largest absolute Gasteiger partial charge is 0.454 e. The second kappa shape index (κ2) is 42.0. The average molecular weight is 2040 g/mol. The highest BCUT2D eigenvalue weighted by atomic mass is 16.9. The van der Waals surface area contributed by atoms with Crippen LogP contribution < -0.4 is 0 Å². The van der Waals surface area contributed by atoms with Crippen molar-refractivity contribution < 1.29 is 215 Å². The van der Waals surface area contributed by atoms with Crippen molar-refractivity contribution in [1.82, 2.24) is 0 Å². The van der Waals surface area contributed by atoms with Gasteiger partial charge in [-0.15, -0.1) is 0 Å². The number of hydrogen-bond donors (Lipinski definition) is 3. The van der Waals surface area contributed by atoms with Gasteiger partial charge in [-0.25, -0.2) is 28.8 Å². The number of esters is 12. The van der Waals surface area contributed by atoms with Crippen LogP contribution in [0.2, 0.25) is 0 Å². The zero-order chi connectivity index (χ0) is 104. The number of ether oxygens (including phenoxy) is 30. The van der Waals surface area contributed by atoms with Crippen molar-refractivity contribution >= 4 is 71.6 Å². The lowest BCUT2D eigenvalue weighted by Gasteiger charge is -2.33. The van der Waals surface area contributed by atoms with E-state index in [1.165, 1.54) is 12.8 Å². The summed E-state index contributed by atoms with van der Waals surface area (Å²) < 4.78 is 168. The molecule has 20 fully saturated rings. The molecule has 32 atom stereocenters. The minimum absolute atomic E-state index is 0.193. The van der Waals surface area contributed by atoms with Gasteiger partial charge < -0.3 is 157 Å². The molecule has 3 N–H and O–H groups in total. The SMILES string of the molecule is CCC(C)(C)C(=O)OC1C(=O)OC2C(O)C(O)OC12.CCC(C)(C)C(=O)OC1C(=O)OC2C3OC(C)(C)OC3OC12.CCC(C)(C)C(=O)OC1C(=O)OC2C3OC4(CCCCC4)OC3OC12.CCC(C)(C)C(=O)OC1C(=O)OC2C3OC4(CCOCC4)OC3OC12.CCC(C)(CO)C(=O)OC1C(=O)OC2C3OC(C)(C)OC3OC12.CCC(C)(COC1CCCCC1)C(=O)OC1C(=O)OC2C3OC(C)(C)OC3OC12. The molecular formula is C98H144O45. The van der Waals surface area contributed by atoms with Crippen LogP contribution in [0.4, 0.5) is 0 Å². The van der Waals surface area contributed by atoms with E-state index in [-0.39, 0.29) is 19.3 Å². The third-order valence-corrected chi connectivity index (χ3v) is 30.9. The standard InChI is InChI=1S/C21H32O8.C18H26O7.C17H24O8.C15H22O8.C15H22O7.C12H18O7/c1-5-21(4,11-24-12-9-7-6-8-10-12)19(23)27-15-13-14(25-17(15)22)16-18(26-13)29-20(2,3)28-16;1-4-17(2,3)16(20)23-12-10-11(21-14(12)19)13-15(22-10)25-18(24-13)8-6-5-7-9-18;1-4-16(2,3)15(19)23-11-9-10(21-13(11)18)12-14(22-9)25-17(24-12)5-7-20-8-6-17;1-5-15(4,6-16)13(18)21-9-7-8(19-11(9)17)10-12(20-7)23-14(2,3)22-10;1-6-14(2,3)13(17)20-9-7-8(18-11(9)16)10-12(19-7)22-15(4,5)21-10;1-4-12(2,3)11(16)19-8-7-6(17-10(8)15)5(13)9(14)18-7/h12-16,18H,5-11H2,1-4H3;10-13,15H,4-9H2,1-3H3;9-12,14H,4-8H2,1-3H3;7-10,12,16H,5-6H2,1-4H3;7-10,12H,6H2,1-5H3;5-9,13-14H,4H2,1-3H3. The predicted octanol–water partition coefficient (Wildman–Crippen LogP) is 6.02. The van der Waals surface area contributed by atoms with E-state index >= 15 is 0 Å². The number of rotatable bonds is 22. The summed E-state index contributed by atoms with van der Waals surface area (Å²) in [5, 5.41) is 28.3. The van der Waals surface area contributed by atoms with Crippen LogP contribution in [-0.4, -0.2) is 333 Å². The van der Waals surface area contributed by atoms with Crippen LogP contribution >= 0.6 is 0 Å². The lowest BCUT2D eigenvalue weighted by molar-refractivity contribution is -0.260. The minimum atomic E-state index is -1.44. The lowest BCUT2D eigenvalue weighted by atomic mass is 9.88. The number of carbonyl (C=O) groups is 12. The van der Waals surface area contributed by atoms with Crippen molar-refractivity contribution in [2.75, 3.05) is 26.4 Å². The van der Waals surface area contributed by atoms with Gasteiger partial charge in [0, 0.05) is 25.7 Å². The van der Waals surface area contributed by atoms with E-state index in [4.69, 9.17) is 142 Å². The van der Waals surface area contributed by atoms with Gasteiger partial charge in [0.15, 0.2) is 134 Å². The molecule has 806 valence electrons. The number of fused-ring (bicyclic) bond motifs is 16. The summed E-state index contributed by atoms with van der Waals surface area (Å²) in [5.41, 5.74) is -4.63. The van der Waals surface area contributed by atoms with Gasteiger partial charge in [0.05, 0.1) is 65.0 Å². The van der Waals surface area contributed by atoms with Crippen LogP contribution in [0.15, 0.2) is 0 Å². The van der Waals surface area contributed by atoms with Crippen molar-refractivity contribution in [3.05, 3.63) is 0 Å². The van der Waals surface area contributed by atoms with Gasteiger partial charge in [-0.1, -0.05) is 67.2 Å². The zero-order valence-electron chi connectivity index (χ0n) is 85.4. The Labute approximate surface area is 829 Å². The van der Waals surface area contributed by atoms with Crippen LogP contribution in [0.3, 0.4) is 0 Å². The smallest absolute Gasteiger partial charge is 0.350 e. The molecule has 0 radical (unpaired) electrons. The van der Waals surface area contributed by atoms with Gasteiger partial charge in [-0.2, -0.15) is 0 Å². The van der Waals surface area contributed by atoms with Gasteiger partial charge >= 0.3 is 71.6 Å². The summed E-state index contributed by atoms with van der Waals surface area (Å²) in [6.45, 7) is 40.2. The molecule has 143 heavy (non-hydrogen) atoms. The van der Waals surface area contributed by atoms with Crippen LogP contribution in [0.1, 0.15) is 268 Å². The second-order valence-electron chi connectivity index (χ2n) is 44.4. The molecule has 18 heterocycles. The molecule has 32 unspecified atom stereocenters. The molecule has 2 aliphatic carbocycles. The summed E-state index contributed by atoms with van der Waals surface area (Å²) in [4.78, 5) is 146. The van der Waals surface area contributed by atoms with Crippen LogP contribution in [0.5, 0.6) is 0 Å². The number of carbonyl (C=O) groups excluding carboxylic acids is 12. The van der Waals surface area contributed by atoms with E-state index in [9.17, 15) is 72.9 Å². The fraction of sp³-hybridized carbons (Fsp3) is 0.878. The summed E-state index contributed by atoms with van der Waals surface area (Å²) in [6.07, 6.45) is -8.45. The minimum Gasteiger partial charge on any atom is -0.454 e. The van der Waals surface area contributed by atoms with Crippen molar-refractivity contribution in [3.63, 3.8) is 0 Å². The maximum atomic E-state index is 13.0. The number of aliphatic hydroxyl groups is 3. The van der Waals surface area contributed by atoms with Gasteiger partial charge in [0.1, 0.15) is 42.7 Å². The summed E-state index contributed by atoms with van der Waals surface area (Å²) in [7, 11) is 0. The maximum Gasteiger partial charge on any atom is 0.350 e. The van der Waals surface area contributed by atoms with E-state index in [0.717, 1.165) is 51.4 Å². The highest BCUT2D eigenvalue weighted by Gasteiger charge is 2.72. The Bertz CT molecular complexity index is 4530. The van der Waals surface area contributed by atoms with Gasteiger partial charge in [-0.3, -0.25) is 28.8 Å². The molecule has 2 spiro atoms. The average Bonchev–Trinajstić information content (AvgIpc) is 1.59. The Balaban J connectivity index is 0.000000130. The summed E-state index contributed by atoms with van der Waals surface area (Å²) >= 11 is 0. The molecule has 0 amide bonds. The normalized spacial score (nSPS) is 39.0. The first kappa shape index (κ1) is 110. The van der Waals surface area contributed by atoms with Crippen LogP contribution in [0, 0.1) is 32.5 Å². The summed E-state index contributed by atoms with van der Waals surface area (Å²) in [5.74, 6) is -10.5. The molecular weight excluding hydrogens is 1900 g/mol. The lowest BCUT2D eigenvalue weighted by Crippen LogP contribution is -2.43. The highest BCUT2D eigenvalue weighted by molar-refractivity contribution is 5.88. The molecule has 0 aromatic carbocycles. The highest BCUT2D eigenvalue weighted by Crippen LogP contribution is 2.53. The molecule has 18 saturated heterocycles. The maximum absolute atomic E-state index is 13.0. The van der Waals surface area contributed by atoms with Gasteiger partial charge in [0.2, 0.25) is 36.6 Å². The molecule has 20 aliphatic rings. The molecule has 0 bridgehead atoms. The monoisotopic (exact) mass is 2040 g/mol. The molecule has 45 nitrogen and oxygen atoms in total. The van der Waals surface area contributed by atoms with Crippen molar-refractivity contribution in [1.29, 1.82) is 0 Å². The van der Waals surface area contributed by atoms with Crippen LogP contribution in [0.25, 0.3) is 0 Å². The molecule has 45 heteroatoms. The Morgan fingerprint density at radius 3 is 0.874 bits per heavy atom. The predicted molar refractivity (Wildman–Crippen MR) is 472 cm³/mol. The molecule has 0 aromatic rings. The third-order valence-electron chi connectivity index (χ3n) is 30.9. The molecule has 18 aliphatic heterocycles. The van der Waals surface area contributed by atoms with E-state index in [1.807, 2.05) is 41.5 Å². The first-order valence-electron chi connectivity index (χ1n) is 50.4. The first-order chi connectivity index (χ1) is 67.0. The van der Waals surface area contributed by atoms with E-state index in [1.54, 1.807) is 111 Å². The number of aliphatic hydroxyl groups excluding tert-OH is 3. The fourth-order valence-electron chi connectivity index (χ4n) is 19.5. The Kier molecular flexibility index (Phi) is 32.3. The van der Waals surface area contributed by atoms with Crippen molar-refractivity contribution in [2.24, 2.45) is 32.5 Å². The van der Waals surface area contributed by atoms with Gasteiger partial charge in [-0.05, 0) is 175 Å². The fourth-order valence-corrected chi connectivity index (χ4v) is 19.5. The summed E-state index contributed by atoms with van der Waals surface area (Å²) in [6, 6.07) is 0. The van der Waals surface area contributed by atoms with E-state index in [0.29, 0.717) is 64.6 Å². The quantitative estimate of drug-likeness (QED) is 0.0824. The molecule has 0 aromatic heterocycles. The molecule has 20 rings (SSSR count). The van der Waals surface area contributed by atoms with Crippen molar-refractivity contribution in [3.8, 4) is 0 Å². The zero-order valence-corrected chi connectivity index (χ0v) is 85.4. The topological polar surface area (TPSA) is 542 Å². The van der Waals surface area contributed by atoms with Crippen LogP contribution in [-0.2, 0) is 200 Å². The van der Waals surface area contributed by atoms with Gasteiger partial charge in [0.25, 0.3) is 0 Å².